The summed E-state index contributed by atoms with van der Waals surface area (Å²) in [6.45, 7) is 2.71. The van der Waals surface area contributed by atoms with Gasteiger partial charge in [0.15, 0.2) is 0 Å². The maximum absolute atomic E-state index is 4.72. The van der Waals surface area contributed by atoms with Gasteiger partial charge in [0.2, 0.25) is 5.96 Å². The Hall–Kier alpha value is -3.07. The summed E-state index contributed by atoms with van der Waals surface area (Å²) in [5.41, 5.74) is 6.34. The van der Waals surface area contributed by atoms with Gasteiger partial charge in [0, 0.05) is 6.54 Å². The Morgan fingerprint density at radius 1 is 0.720 bits per heavy atom. The summed E-state index contributed by atoms with van der Waals surface area (Å²) in [7, 11) is 0. The SMILES string of the molecule is c1ccc(-c2ccc(CN3C4=NCCN4c4ccccc43)cc2)cc1. The highest BCUT2D eigenvalue weighted by Crippen LogP contribution is 2.39. The van der Waals surface area contributed by atoms with Crippen molar-refractivity contribution in [3.8, 4) is 11.1 Å². The van der Waals surface area contributed by atoms with Gasteiger partial charge in [-0.05, 0) is 28.8 Å². The topological polar surface area (TPSA) is 18.8 Å². The maximum Gasteiger partial charge on any atom is 0.206 e. The average Bonchev–Trinajstić information content (AvgIpc) is 3.26. The number of aliphatic imine (C=N–C) groups is 1. The van der Waals surface area contributed by atoms with E-state index >= 15 is 0 Å². The van der Waals surface area contributed by atoms with E-state index in [1.165, 1.54) is 28.1 Å². The first-order valence-corrected chi connectivity index (χ1v) is 8.73. The van der Waals surface area contributed by atoms with Crippen molar-refractivity contribution in [1.82, 2.24) is 0 Å². The summed E-state index contributed by atoms with van der Waals surface area (Å²) >= 11 is 0. The molecule has 3 aromatic carbocycles. The van der Waals surface area contributed by atoms with Crippen molar-refractivity contribution >= 4 is 17.3 Å². The minimum atomic E-state index is 0.849. The predicted octanol–water partition coefficient (Wildman–Crippen LogP) is 4.55. The number of rotatable bonds is 3. The van der Waals surface area contributed by atoms with Crippen LogP contribution in [0, 0.1) is 0 Å². The van der Waals surface area contributed by atoms with Gasteiger partial charge in [-0.2, -0.15) is 0 Å². The van der Waals surface area contributed by atoms with E-state index < -0.39 is 0 Å². The second-order valence-electron chi connectivity index (χ2n) is 6.47. The molecule has 2 aliphatic rings. The molecule has 0 bridgehead atoms. The molecule has 122 valence electrons. The Balaban J connectivity index is 1.44. The summed E-state index contributed by atoms with van der Waals surface area (Å²) in [6.07, 6.45) is 0. The fraction of sp³-hybridized carbons (Fsp3) is 0.136. The molecule has 5 rings (SSSR count). The fourth-order valence-electron chi connectivity index (χ4n) is 3.69. The molecule has 0 atom stereocenters. The van der Waals surface area contributed by atoms with Crippen molar-refractivity contribution < 1.29 is 0 Å². The number of para-hydroxylation sites is 2. The van der Waals surface area contributed by atoms with Crippen LogP contribution in [0.2, 0.25) is 0 Å². The lowest BCUT2D eigenvalue weighted by atomic mass is 10.0. The molecule has 3 aromatic rings. The lowest BCUT2D eigenvalue weighted by Gasteiger charge is -2.19. The zero-order valence-corrected chi connectivity index (χ0v) is 14.0. The third-order valence-corrected chi connectivity index (χ3v) is 4.92. The summed E-state index contributed by atoms with van der Waals surface area (Å²) in [5.74, 6) is 1.09. The van der Waals surface area contributed by atoms with Crippen LogP contribution in [0.25, 0.3) is 11.1 Å². The molecule has 0 aliphatic carbocycles. The Kier molecular flexibility index (Phi) is 3.30. The largest absolute Gasteiger partial charge is 0.308 e. The fourth-order valence-corrected chi connectivity index (χ4v) is 3.69. The molecule has 0 N–H and O–H groups in total. The highest BCUT2D eigenvalue weighted by atomic mass is 15.5. The predicted molar refractivity (Wildman–Crippen MR) is 104 cm³/mol. The van der Waals surface area contributed by atoms with Crippen molar-refractivity contribution in [2.75, 3.05) is 22.9 Å². The highest BCUT2D eigenvalue weighted by Gasteiger charge is 2.34. The van der Waals surface area contributed by atoms with Gasteiger partial charge in [-0.1, -0.05) is 66.7 Å². The van der Waals surface area contributed by atoms with E-state index in [0.29, 0.717) is 0 Å². The van der Waals surface area contributed by atoms with Crippen molar-refractivity contribution in [2.45, 2.75) is 6.54 Å². The van der Waals surface area contributed by atoms with Crippen molar-refractivity contribution in [2.24, 2.45) is 4.99 Å². The monoisotopic (exact) mass is 325 g/mol. The van der Waals surface area contributed by atoms with E-state index in [-0.39, 0.29) is 0 Å². The van der Waals surface area contributed by atoms with Gasteiger partial charge in [0.05, 0.1) is 24.5 Å². The number of anilines is 2. The maximum atomic E-state index is 4.72. The smallest absolute Gasteiger partial charge is 0.206 e. The third kappa shape index (κ3) is 2.40. The second-order valence-corrected chi connectivity index (χ2v) is 6.47. The Morgan fingerprint density at radius 3 is 2.20 bits per heavy atom. The minimum Gasteiger partial charge on any atom is -0.308 e. The van der Waals surface area contributed by atoms with Crippen LogP contribution in [-0.2, 0) is 6.54 Å². The van der Waals surface area contributed by atoms with Gasteiger partial charge in [-0.15, -0.1) is 0 Å². The summed E-state index contributed by atoms with van der Waals surface area (Å²) < 4.78 is 0. The molecule has 0 radical (unpaired) electrons. The molecule has 3 heteroatoms. The van der Waals surface area contributed by atoms with E-state index in [1.54, 1.807) is 0 Å². The third-order valence-electron chi connectivity index (χ3n) is 4.92. The molecule has 0 saturated heterocycles. The van der Waals surface area contributed by atoms with Crippen molar-refractivity contribution in [1.29, 1.82) is 0 Å². The van der Waals surface area contributed by atoms with E-state index in [0.717, 1.165) is 25.6 Å². The van der Waals surface area contributed by atoms with Crippen molar-refractivity contribution in [3.05, 3.63) is 84.4 Å². The Bertz CT molecular complexity index is 929. The van der Waals surface area contributed by atoms with E-state index in [2.05, 4.69) is 88.7 Å². The first-order chi connectivity index (χ1) is 12.4. The molecule has 2 aliphatic heterocycles. The number of nitrogens with zero attached hydrogens (tertiary/aromatic N) is 3. The van der Waals surface area contributed by atoms with Gasteiger partial charge >= 0.3 is 0 Å². The number of fused-ring (bicyclic) bond motifs is 3. The molecule has 0 aromatic heterocycles. The molecular formula is C22H19N3. The lowest BCUT2D eigenvalue weighted by molar-refractivity contribution is 1.01. The summed E-state index contributed by atoms with van der Waals surface area (Å²) in [4.78, 5) is 9.38. The van der Waals surface area contributed by atoms with Gasteiger partial charge < -0.3 is 9.80 Å². The van der Waals surface area contributed by atoms with Crippen LogP contribution in [0.3, 0.4) is 0 Å². The summed E-state index contributed by atoms with van der Waals surface area (Å²) in [5, 5.41) is 0. The average molecular weight is 325 g/mol. The van der Waals surface area contributed by atoms with Gasteiger partial charge in [-0.25, -0.2) is 0 Å². The zero-order chi connectivity index (χ0) is 16.6. The van der Waals surface area contributed by atoms with Crippen LogP contribution >= 0.6 is 0 Å². The summed E-state index contributed by atoms with van der Waals surface area (Å²) in [6, 6.07) is 28.0. The van der Waals surface area contributed by atoms with E-state index in [4.69, 9.17) is 4.99 Å². The van der Waals surface area contributed by atoms with Crippen LogP contribution in [0.1, 0.15) is 5.56 Å². The Morgan fingerprint density at radius 2 is 1.40 bits per heavy atom. The quantitative estimate of drug-likeness (QED) is 0.703. The molecule has 0 saturated carbocycles. The van der Waals surface area contributed by atoms with Gasteiger partial charge in [0.25, 0.3) is 0 Å². The van der Waals surface area contributed by atoms with Gasteiger partial charge in [0.1, 0.15) is 0 Å². The lowest BCUT2D eigenvalue weighted by Crippen LogP contribution is -2.34. The van der Waals surface area contributed by atoms with Crippen molar-refractivity contribution in [3.63, 3.8) is 0 Å². The number of guanidine groups is 1. The molecule has 0 unspecified atom stereocenters. The number of hydrogen-bond donors (Lipinski definition) is 0. The van der Waals surface area contributed by atoms with Crippen LogP contribution < -0.4 is 9.80 Å². The zero-order valence-electron chi connectivity index (χ0n) is 14.0. The standard InChI is InChI=1S/C22H19N3/c1-2-6-18(7-3-1)19-12-10-17(11-13-19)16-25-21-9-5-4-8-20(21)24-15-14-23-22(24)25/h1-13H,14-16H2. The molecule has 3 nitrogen and oxygen atoms in total. The molecule has 2 heterocycles. The van der Waals surface area contributed by atoms with E-state index in [1.807, 2.05) is 0 Å². The molecule has 0 amide bonds. The van der Waals surface area contributed by atoms with Crippen LogP contribution in [0.4, 0.5) is 11.4 Å². The van der Waals surface area contributed by atoms with Crippen LogP contribution in [-0.4, -0.2) is 19.0 Å². The first kappa shape index (κ1) is 14.3. The first-order valence-electron chi connectivity index (χ1n) is 8.73. The molecule has 0 spiro atoms. The minimum absolute atomic E-state index is 0.849. The molecule has 25 heavy (non-hydrogen) atoms. The second kappa shape index (κ2) is 5.78. The number of hydrogen-bond acceptors (Lipinski definition) is 3. The highest BCUT2D eigenvalue weighted by molar-refractivity contribution is 6.16. The van der Waals surface area contributed by atoms with Gasteiger partial charge in [-0.3, -0.25) is 4.99 Å². The van der Waals surface area contributed by atoms with Crippen LogP contribution in [0.5, 0.6) is 0 Å². The normalized spacial score (nSPS) is 15.1. The number of benzene rings is 3. The molecular weight excluding hydrogens is 306 g/mol. The molecule has 0 fully saturated rings. The van der Waals surface area contributed by atoms with E-state index in [9.17, 15) is 0 Å². The van der Waals surface area contributed by atoms with Crippen LogP contribution in [0.15, 0.2) is 83.9 Å². The Labute approximate surface area is 147 Å².